The quantitative estimate of drug-likeness (QED) is 0.862. The first kappa shape index (κ1) is 17.1. The van der Waals surface area contributed by atoms with Crippen molar-refractivity contribution in [3.05, 3.63) is 64.1 Å². The second-order valence-electron chi connectivity index (χ2n) is 5.30. The first-order chi connectivity index (χ1) is 10.3. The molecule has 4 nitrogen and oxygen atoms in total. The van der Waals surface area contributed by atoms with Crippen molar-refractivity contribution >= 4 is 26.0 Å². The van der Waals surface area contributed by atoms with Crippen LogP contribution in [0.5, 0.6) is 0 Å². The summed E-state index contributed by atoms with van der Waals surface area (Å²) in [6.07, 6.45) is 0. The highest BCUT2D eigenvalue weighted by atomic mass is 79.9. The van der Waals surface area contributed by atoms with E-state index in [0.717, 1.165) is 16.6 Å². The number of sulfonamides is 1. The SMILES string of the molecule is CC(c1ccc(S(N)(=O)=O)cc1)N(C)Cc1ccccc1Br. The molecule has 0 heterocycles. The molecule has 6 heteroatoms. The summed E-state index contributed by atoms with van der Waals surface area (Å²) in [5.41, 5.74) is 2.25. The topological polar surface area (TPSA) is 63.4 Å². The standard InChI is InChI=1S/C16H19BrN2O2S/c1-12(13-7-9-15(10-8-13)22(18,20)21)19(2)11-14-5-3-4-6-16(14)17/h3-10,12H,11H2,1-2H3,(H2,18,20,21). The van der Waals surface area contributed by atoms with Gasteiger partial charge in [0.15, 0.2) is 0 Å². The predicted octanol–water partition coefficient (Wildman–Crippen LogP) is 3.29. The lowest BCUT2D eigenvalue weighted by atomic mass is 10.1. The van der Waals surface area contributed by atoms with Gasteiger partial charge in [-0.05, 0) is 43.3 Å². The van der Waals surface area contributed by atoms with Crippen molar-refractivity contribution < 1.29 is 8.42 Å². The molecule has 0 saturated carbocycles. The summed E-state index contributed by atoms with van der Waals surface area (Å²) in [5, 5.41) is 5.12. The van der Waals surface area contributed by atoms with Gasteiger partial charge in [-0.3, -0.25) is 4.90 Å². The van der Waals surface area contributed by atoms with E-state index in [1.165, 1.54) is 5.56 Å². The third-order valence-corrected chi connectivity index (χ3v) is 5.43. The van der Waals surface area contributed by atoms with Crippen molar-refractivity contribution in [3.63, 3.8) is 0 Å². The molecule has 2 aromatic carbocycles. The van der Waals surface area contributed by atoms with Gasteiger partial charge in [-0.25, -0.2) is 13.6 Å². The first-order valence-corrected chi connectivity index (χ1v) is 9.19. The van der Waals surface area contributed by atoms with E-state index < -0.39 is 10.0 Å². The average molecular weight is 383 g/mol. The number of benzene rings is 2. The second-order valence-corrected chi connectivity index (χ2v) is 7.71. The lowest BCUT2D eigenvalue weighted by molar-refractivity contribution is 0.252. The average Bonchev–Trinajstić information content (AvgIpc) is 2.48. The molecule has 0 spiro atoms. The summed E-state index contributed by atoms with van der Waals surface area (Å²) in [5.74, 6) is 0. The zero-order valence-corrected chi connectivity index (χ0v) is 14.9. The van der Waals surface area contributed by atoms with Crippen molar-refractivity contribution in [1.82, 2.24) is 4.90 Å². The van der Waals surface area contributed by atoms with E-state index >= 15 is 0 Å². The van der Waals surface area contributed by atoms with Crippen LogP contribution in [0.15, 0.2) is 57.9 Å². The molecule has 2 N–H and O–H groups in total. The largest absolute Gasteiger partial charge is 0.295 e. The molecule has 2 rings (SSSR count). The van der Waals surface area contributed by atoms with Crippen LogP contribution in [-0.2, 0) is 16.6 Å². The van der Waals surface area contributed by atoms with Gasteiger partial charge in [0.2, 0.25) is 10.0 Å². The van der Waals surface area contributed by atoms with Gasteiger partial charge < -0.3 is 0 Å². The molecular formula is C16H19BrN2O2S. The fourth-order valence-electron chi connectivity index (χ4n) is 2.22. The summed E-state index contributed by atoms with van der Waals surface area (Å²) >= 11 is 3.55. The minimum atomic E-state index is -3.64. The lowest BCUT2D eigenvalue weighted by Crippen LogP contribution is -2.22. The van der Waals surface area contributed by atoms with Gasteiger partial charge in [0, 0.05) is 17.1 Å². The lowest BCUT2D eigenvalue weighted by Gasteiger charge is -2.25. The minimum Gasteiger partial charge on any atom is -0.295 e. The molecule has 2 aromatic rings. The Morgan fingerprint density at radius 3 is 2.27 bits per heavy atom. The third kappa shape index (κ3) is 4.16. The number of nitrogens with two attached hydrogens (primary N) is 1. The van der Waals surface area contributed by atoms with Crippen LogP contribution in [0.25, 0.3) is 0 Å². The maximum Gasteiger partial charge on any atom is 0.238 e. The minimum absolute atomic E-state index is 0.136. The Labute approximate surface area is 140 Å². The molecule has 0 bridgehead atoms. The van der Waals surface area contributed by atoms with Crippen molar-refractivity contribution in [2.24, 2.45) is 5.14 Å². The van der Waals surface area contributed by atoms with Gasteiger partial charge in [-0.15, -0.1) is 0 Å². The number of rotatable bonds is 5. The smallest absolute Gasteiger partial charge is 0.238 e. The van der Waals surface area contributed by atoms with Crippen LogP contribution in [0.2, 0.25) is 0 Å². The van der Waals surface area contributed by atoms with Gasteiger partial charge in [0.1, 0.15) is 0 Å². The molecule has 0 saturated heterocycles. The van der Waals surface area contributed by atoms with Gasteiger partial charge in [-0.2, -0.15) is 0 Å². The van der Waals surface area contributed by atoms with Crippen molar-refractivity contribution in [3.8, 4) is 0 Å². The number of nitrogens with zero attached hydrogens (tertiary/aromatic N) is 1. The van der Waals surface area contributed by atoms with Gasteiger partial charge >= 0.3 is 0 Å². The maximum absolute atomic E-state index is 11.3. The van der Waals surface area contributed by atoms with Gasteiger partial charge in [-0.1, -0.05) is 46.3 Å². The van der Waals surface area contributed by atoms with Crippen LogP contribution in [0.4, 0.5) is 0 Å². The molecule has 1 unspecified atom stereocenters. The summed E-state index contributed by atoms with van der Waals surface area (Å²) in [7, 11) is -1.60. The first-order valence-electron chi connectivity index (χ1n) is 6.85. The van der Waals surface area contributed by atoms with Crippen molar-refractivity contribution in [2.75, 3.05) is 7.05 Å². The Bertz CT molecular complexity index is 745. The van der Waals surface area contributed by atoms with Crippen LogP contribution in [-0.4, -0.2) is 20.4 Å². The monoisotopic (exact) mass is 382 g/mol. The van der Waals surface area contributed by atoms with E-state index in [1.807, 2.05) is 25.2 Å². The summed E-state index contributed by atoms with van der Waals surface area (Å²) in [4.78, 5) is 2.34. The fourth-order valence-corrected chi connectivity index (χ4v) is 3.15. The molecule has 0 radical (unpaired) electrons. The Balaban J connectivity index is 2.14. The molecule has 0 fully saturated rings. The number of halogens is 1. The molecule has 0 aliphatic carbocycles. The molecule has 1 atom stereocenters. The highest BCUT2D eigenvalue weighted by Crippen LogP contribution is 2.24. The second kappa shape index (κ2) is 6.91. The Kier molecular flexibility index (Phi) is 5.39. The third-order valence-electron chi connectivity index (χ3n) is 3.73. The van der Waals surface area contributed by atoms with Crippen molar-refractivity contribution in [1.29, 1.82) is 0 Å². The van der Waals surface area contributed by atoms with E-state index in [4.69, 9.17) is 5.14 Å². The van der Waals surface area contributed by atoms with Crippen LogP contribution in [0.3, 0.4) is 0 Å². The van der Waals surface area contributed by atoms with E-state index in [9.17, 15) is 8.42 Å². The van der Waals surface area contributed by atoms with Crippen LogP contribution in [0.1, 0.15) is 24.1 Å². The van der Waals surface area contributed by atoms with Crippen LogP contribution < -0.4 is 5.14 Å². The molecule has 22 heavy (non-hydrogen) atoms. The van der Waals surface area contributed by atoms with E-state index in [1.54, 1.807) is 24.3 Å². The molecule has 118 valence electrons. The van der Waals surface area contributed by atoms with E-state index in [-0.39, 0.29) is 10.9 Å². The van der Waals surface area contributed by atoms with Gasteiger partial charge in [0.05, 0.1) is 4.90 Å². The van der Waals surface area contributed by atoms with E-state index in [2.05, 4.69) is 33.8 Å². The van der Waals surface area contributed by atoms with E-state index in [0.29, 0.717) is 0 Å². The maximum atomic E-state index is 11.3. The van der Waals surface area contributed by atoms with Crippen LogP contribution >= 0.6 is 15.9 Å². The predicted molar refractivity (Wildman–Crippen MR) is 91.8 cm³/mol. The number of hydrogen-bond acceptors (Lipinski definition) is 3. The molecule has 0 aliphatic heterocycles. The Morgan fingerprint density at radius 2 is 1.73 bits per heavy atom. The Morgan fingerprint density at radius 1 is 1.14 bits per heavy atom. The summed E-state index contributed by atoms with van der Waals surface area (Å²) in [6.45, 7) is 2.88. The zero-order valence-electron chi connectivity index (χ0n) is 12.5. The van der Waals surface area contributed by atoms with Crippen molar-refractivity contribution in [2.45, 2.75) is 24.4 Å². The number of hydrogen-bond donors (Lipinski definition) is 1. The summed E-state index contributed by atoms with van der Waals surface area (Å²) in [6, 6.07) is 15.0. The number of primary sulfonamides is 1. The summed E-state index contributed by atoms with van der Waals surface area (Å²) < 4.78 is 23.7. The molecular weight excluding hydrogens is 364 g/mol. The molecule has 0 aliphatic rings. The molecule has 0 aromatic heterocycles. The normalized spacial score (nSPS) is 13.3. The Hall–Kier alpha value is -1.21. The zero-order chi connectivity index (χ0) is 16.3. The van der Waals surface area contributed by atoms with Crippen LogP contribution in [0, 0.1) is 0 Å². The fraction of sp³-hybridized carbons (Fsp3) is 0.250. The van der Waals surface area contributed by atoms with Gasteiger partial charge in [0.25, 0.3) is 0 Å². The highest BCUT2D eigenvalue weighted by Gasteiger charge is 2.14. The molecule has 0 amide bonds. The highest BCUT2D eigenvalue weighted by molar-refractivity contribution is 9.10.